The van der Waals surface area contributed by atoms with Gasteiger partial charge in [-0.05, 0) is 6.92 Å². The van der Waals surface area contributed by atoms with Crippen LogP contribution in [0, 0.1) is 0 Å². The SMILES string of the molecule is CO[C@H]1O[C@H](C)C(=O)[C@H](O)[C@H]1NC(C)=O. The molecule has 0 radical (unpaired) electrons. The molecule has 0 spiro atoms. The number of rotatable bonds is 2. The summed E-state index contributed by atoms with van der Waals surface area (Å²) in [5.74, 6) is -0.811. The molecule has 1 heterocycles. The first-order chi connectivity index (χ1) is 6.97. The molecule has 0 aromatic heterocycles. The Balaban J connectivity index is 2.79. The zero-order valence-electron chi connectivity index (χ0n) is 8.89. The van der Waals surface area contributed by atoms with Crippen LogP contribution in [-0.4, -0.2) is 48.4 Å². The molecule has 1 aliphatic rings. The molecule has 0 unspecified atom stereocenters. The van der Waals surface area contributed by atoms with Crippen LogP contribution in [0.5, 0.6) is 0 Å². The van der Waals surface area contributed by atoms with E-state index >= 15 is 0 Å². The van der Waals surface area contributed by atoms with Crippen LogP contribution in [0.25, 0.3) is 0 Å². The Morgan fingerprint density at radius 3 is 2.67 bits per heavy atom. The molecule has 6 nitrogen and oxygen atoms in total. The second kappa shape index (κ2) is 4.69. The molecule has 1 fully saturated rings. The van der Waals surface area contributed by atoms with Crippen molar-refractivity contribution in [3.8, 4) is 0 Å². The maximum Gasteiger partial charge on any atom is 0.217 e. The number of hydrogen-bond donors (Lipinski definition) is 2. The van der Waals surface area contributed by atoms with Crippen LogP contribution >= 0.6 is 0 Å². The van der Waals surface area contributed by atoms with Gasteiger partial charge in [0.2, 0.25) is 5.91 Å². The number of aliphatic hydroxyl groups excluding tert-OH is 1. The van der Waals surface area contributed by atoms with Gasteiger partial charge in [-0.3, -0.25) is 9.59 Å². The monoisotopic (exact) mass is 217 g/mol. The van der Waals surface area contributed by atoms with Crippen LogP contribution in [0.15, 0.2) is 0 Å². The fourth-order valence-electron chi connectivity index (χ4n) is 1.50. The Morgan fingerprint density at radius 2 is 2.20 bits per heavy atom. The van der Waals surface area contributed by atoms with E-state index in [2.05, 4.69) is 5.32 Å². The number of ether oxygens (including phenoxy) is 2. The number of ketones is 1. The van der Waals surface area contributed by atoms with Crippen molar-refractivity contribution in [2.24, 2.45) is 0 Å². The minimum Gasteiger partial charge on any atom is -0.383 e. The van der Waals surface area contributed by atoms with Crippen molar-refractivity contribution in [3.63, 3.8) is 0 Å². The third-order valence-electron chi connectivity index (χ3n) is 2.27. The Labute approximate surface area is 87.5 Å². The molecule has 4 atom stereocenters. The largest absolute Gasteiger partial charge is 0.383 e. The number of methoxy groups -OCH3 is 1. The quantitative estimate of drug-likeness (QED) is 0.607. The average Bonchev–Trinajstić information content (AvgIpc) is 2.18. The fourth-order valence-corrected chi connectivity index (χ4v) is 1.50. The number of aliphatic hydroxyl groups is 1. The molecule has 2 N–H and O–H groups in total. The van der Waals surface area contributed by atoms with Gasteiger partial charge < -0.3 is 19.9 Å². The van der Waals surface area contributed by atoms with Gasteiger partial charge in [0.05, 0.1) is 0 Å². The van der Waals surface area contributed by atoms with E-state index in [4.69, 9.17) is 9.47 Å². The Hall–Kier alpha value is -0.980. The summed E-state index contributed by atoms with van der Waals surface area (Å²) in [6.45, 7) is 2.82. The molecule has 1 aliphatic heterocycles. The maximum absolute atomic E-state index is 11.4. The van der Waals surface area contributed by atoms with Crippen LogP contribution in [0.4, 0.5) is 0 Å². The van der Waals surface area contributed by atoms with Crippen molar-refractivity contribution in [2.45, 2.75) is 38.4 Å². The van der Waals surface area contributed by atoms with Gasteiger partial charge >= 0.3 is 0 Å². The van der Waals surface area contributed by atoms with Crippen molar-refractivity contribution in [1.82, 2.24) is 5.32 Å². The summed E-state index contributed by atoms with van der Waals surface area (Å²) in [5.41, 5.74) is 0. The highest BCUT2D eigenvalue weighted by molar-refractivity contribution is 5.89. The Kier molecular flexibility index (Phi) is 3.78. The molecular formula is C9H15NO5. The first-order valence-corrected chi connectivity index (χ1v) is 4.64. The van der Waals surface area contributed by atoms with Crippen LogP contribution in [0.1, 0.15) is 13.8 Å². The highest BCUT2D eigenvalue weighted by Gasteiger charge is 2.43. The molecule has 1 saturated heterocycles. The first-order valence-electron chi connectivity index (χ1n) is 4.64. The van der Waals surface area contributed by atoms with E-state index in [9.17, 15) is 14.7 Å². The topological polar surface area (TPSA) is 84.9 Å². The number of carbonyl (C=O) groups is 2. The normalized spacial score (nSPS) is 36.4. The van der Waals surface area contributed by atoms with E-state index in [1.807, 2.05) is 0 Å². The molecule has 0 aliphatic carbocycles. The molecule has 0 bridgehead atoms. The fraction of sp³-hybridized carbons (Fsp3) is 0.778. The van der Waals surface area contributed by atoms with Gasteiger partial charge in [0.15, 0.2) is 12.1 Å². The Bertz CT molecular complexity index is 267. The maximum atomic E-state index is 11.4. The number of carbonyl (C=O) groups excluding carboxylic acids is 2. The molecule has 86 valence electrons. The number of Topliss-reactive ketones (excluding diaryl/α,β-unsaturated/α-hetero) is 1. The summed E-state index contributed by atoms with van der Waals surface area (Å²) in [6, 6.07) is -0.851. The van der Waals surface area contributed by atoms with Crippen molar-refractivity contribution in [1.29, 1.82) is 0 Å². The van der Waals surface area contributed by atoms with Crippen molar-refractivity contribution in [3.05, 3.63) is 0 Å². The number of hydrogen-bond acceptors (Lipinski definition) is 5. The standard InChI is InChI=1S/C9H15NO5/c1-4-7(12)8(13)6(10-5(2)11)9(14-3)15-4/h4,6,8-9,13H,1-3H3,(H,10,11)/t4-,6-,8-,9+/m1/s1. The number of amides is 1. The molecule has 6 heteroatoms. The van der Waals surface area contributed by atoms with E-state index in [0.717, 1.165) is 0 Å². The van der Waals surface area contributed by atoms with E-state index in [1.54, 1.807) is 0 Å². The molecule has 1 amide bonds. The molecule has 0 aromatic rings. The second-order valence-corrected chi connectivity index (χ2v) is 3.46. The molecule has 15 heavy (non-hydrogen) atoms. The van der Waals surface area contributed by atoms with Gasteiger partial charge in [-0.1, -0.05) is 0 Å². The highest BCUT2D eigenvalue weighted by Crippen LogP contribution is 2.17. The summed E-state index contributed by atoms with van der Waals surface area (Å²) < 4.78 is 10.1. The lowest BCUT2D eigenvalue weighted by Gasteiger charge is -2.36. The van der Waals surface area contributed by atoms with Gasteiger partial charge in [-0.25, -0.2) is 0 Å². The van der Waals surface area contributed by atoms with Crippen molar-refractivity contribution >= 4 is 11.7 Å². The van der Waals surface area contributed by atoms with E-state index < -0.39 is 30.3 Å². The third kappa shape index (κ3) is 2.53. The lowest BCUT2D eigenvalue weighted by Crippen LogP contribution is -2.61. The summed E-state index contributed by atoms with van der Waals surface area (Å²) in [7, 11) is 1.38. The predicted molar refractivity (Wildman–Crippen MR) is 50.0 cm³/mol. The minimum absolute atomic E-state index is 0.355. The second-order valence-electron chi connectivity index (χ2n) is 3.46. The van der Waals surface area contributed by atoms with E-state index in [1.165, 1.54) is 21.0 Å². The van der Waals surface area contributed by atoms with Crippen molar-refractivity contribution < 1.29 is 24.2 Å². The van der Waals surface area contributed by atoms with Gasteiger partial charge in [0.25, 0.3) is 0 Å². The smallest absolute Gasteiger partial charge is 0.217 e. The highest BCUT2D eigenvalue weighted by atomic mass is 16.7. The average molecular weight is 217 g/mol. The molecule has 0 saturated carbocycles. The van der Waals surface area contributed by atoms with Gasteiger partial charge in [0, 0.05) is 14.0 Å². The van der Waals surface area contributed by atoms with Crippen LogP contribution in [0.3, 0.4) is 0 Å². The van der Waals surface area contributed by atoms with Crippen LogP contribution in [0.2, 0.25) is 0 Å². The van der Waals surface area contributed by atoms with Crippen molar-refractivity contribution in [2.75, 3.05) is 7.11 Å². The van der Waals surface area contributed by atoms with Crippen LogP contribution in [-0.2, 0) is 19.1 Å². The number of nitrogens with one attached hydrogen (secondary N) is 1. The third-order valence-corrected chi connectivity index (χ3v) is 2.27. The lowest BCUT2D eigenvalue weighted by atomic mass is 9.99. The van der Waals surface area contributed by atoms with Crippen LogP contribution < -0.4 is 5.32 Å². The summed E-state index contributed by atoms with van der Waals surface area (Å²) in [4.78, 5) is 22.3. The lowest BCUT2D eigenvalue weighted by molar-refractivity contribution is -0.212. The van der Waals surface area contributed by atoms with Gasteiger partial charge in [-0.2, -0.15) is 0 Å². The van der Waals surface area contributed by atoms with E-state index in [0.29, 0.717) is 0 Å². The van der Waals surface area contributed by atoms with E-state index in [-0.39, 0.29) is 5.91 Å². The van der Waals surface area contributed by atoms with Gasteiger partial charge in [0.1, 0.15) is 18.2 Å². The first kappa shape index (κ1) is 12.1. The molecular weight excluding hydrogens is 202 g/mol. The Morgan fingerprint density at radius 1 is 1.60 bits per heavy atom. The zero-order chi connectivity index (χ0) is 11.6. The molecule has 0 aromatic carbocycles. The summed E-state index contributed by atoms with van der Waals surface area (Å²) in [5, 5.41) is 12.1. The summed E-state index contributed by atoms with van der Waals surface area (Å²) in [6.07, 6.45) is -2.82. The zero-order valence-corrected chi connectivity index (χ0v) is 8.89. The van der Waals surface area contributed by atoms with Gasteiger partial charge in [-0.15, -0.1) is 0 Å². The predicted octanol–water partition coefficient (Wildman–Crippen LogP) is -1.19. The summed E-state index contributed by atoms with van der Waals surface area (Å²) >= 11 is 0. The molecule has 1 rings (SSSR count). The minimum atomic E-state index is -1.29.